The van der Waals surface area contributed by atoms with Crippen molar-refractivity contribution in [3.8, 4) is 0 Å². The van der Waals surface area contributed by atoms with Gasteiger partial charge in [0.2, 0.25) is 5.91 Å². The third-order valence-electron chi connectivity index (χ3n) is 4.06. The highest BCUT2D eigenvalue weighted by molar-refractivity contribution is 6.12. The van der Waals surface area contributed by atoms with Crippen LogP contribution in [0.1, 0.15) is 30.9 Å². The summed E-state index contributed by atoms with van der Waals surface area (Å²) in [6.07, 6.45) is 1.22. The fourth-order valence-corrected chi connectivity index (χ4v) is 2.93. The molecule has 0 saturated heterocycles. The zero-order chi connectivity index (χ0) is 14.9. The zero-order valence-electron chi connectivity index (χ0n) is 12.1. The number of amidine groups is 1. The van der Waals surface area contributed by atoms with Gasteiger partial charge in [-0.15, -0.1) is 0 Å². The average Bonchev–Trinajstić information content (AvgIpc) is 2.37. The van der Waals surface area contributed by atoms with Gasteiger partial charge in [-0.05, 0) is 44.2 Å². The summed E-state index contributed by atoms with van der Waals surface area (Å²) in [6, 6.07) is 5.84. The molecule has 20 heavy (non-hydrogen) atoms. The van der Waals surface area contributed by atoms with Gasteiger partial charge >= 0.3 is 0 Å². The van der Waals surface area contributed by atoms with Crippen molar-refractivity contribution < 1.29 is 10.0 Å². The number of nitrogens with zero attached hydrogens (tertiary/aromatic N) is 1. The molecule has 0 aliphatic heterocycles. The number of carbonyl (C=O) groups is 1. The summed E-state index contributed by atoms with van der Waals surface area (Å²) in [7, 11) is 0. The summed E-state index contributed by atoms with van der Waals surface area (Å²) in [5.74, 6) is 0.205. The minimum absolute atomic E-state index is 0.00198. The maximum atomic E-state index is 12.5. The summed E-state index contributed by atoms with van der Waals surface area (Å²) < 4.78 is 0. The summed E-state index contributed by atoms with van der Waals surface area (Å²) in [5.41, 5.74) is 7.77. The third kappa shape index (κ3) is 2.35. The first-order valence-corrected chi connectivity index (χ1v) is 6.76. The van der Waals surface area contributed by atoms with Crippen molar-refractivity contribution in [2.24, 2.45) is 22.2 Å². The molecule has 5 heteroatoms. The molecule has 0 radical (unpaired) electrons. The first-order chi connectivity index (χ1) is 9.39. The summed E-state index contributed by atoms with van der Waals surface area (Å²) in [4.78, 5) is 12.5. The lowest BCUT2D eigenvalue weighted by molar-refractivity contribution is -0.127. The van der Waals surface area contributed by atoms with Crippen LogP contribution in [0.15, 0.2) is 23.4 Å². The van der Waals surface area contributed by atoms with Crippen molar-refractivity contribution in [1.29, 1.82) is 0 Å². The monoisotopic (exact) mass is 275 g/mol. The lowest BCUT2D eigenvalue weighted by atomic mass is 9.61. The maximum absolute atomic E-state index is 12.5. The Labute approximate surface area is 118 Å². The molecule has 1 aliphatic carbocycles. The van der Waals surface area contributed by atoms with E-state index in [-0.39, 0.29) is 11.7 Å². The fraction of sp³-hybridized carbons (Fsp3) is 0.467. The Balaban J connectivity index is 2.22. The van der Waals surface area contributed by atoms with Gasteiger partial charge in [0.15, 0.2) is 5.84 Å². The molecule has 1 saturated carbocycles. The molecule has 1 fully saturated rings. The predicted molar refractivity (Wildman–Crippen MR) is 78.8 cm³/mol. The van der Waals surface area contributed by atoms with Crippen LogP contribution >= 0.6 is 0 Å². The predicted octanol–water partition coefficient (Wildman–Crippen LogP) is 2.40. The topological polar surface area (TPSA) is 87.7 Å². The minimum atomic E-state index is -0.870. The minimum Gasteiger partial charge on any atom is -0.409 e. The molecule has 1 amide bonds. The number of hydrogen-bond donors (Lipinski definition) is 3. The van der Waals surface area contributed by atoms with Crippen LogP contribution in [-0.2, 0) is 4.79 Å². The van der Waals surface area contributed by atoms with E-state index in [1.165, 1.54) is 0 Å². The summed E-state index contributed by atoms with van der Waals surface area (Å²) >= 11 is 0. The van der Waals surface area contributed by atoms with Crippen LogP contribution in [0.3, 0.4) is 0 Å². The van der Waals surface area contributed by atoms with Crippen LogP contribution in [0.4, 0.5) is 5.69 Å². The van der Waals surface area contributed by atoms with Gasteiger partial charge in [0.1, 0.15) is 5.41 Å². The Morgan fingerprint density at radius 2 is 2.10 bits per heavy atom. The number of benzene rings is 1. The number of anilines is 1. The molecule has 4 N–H and O–H groups in total. The van der Waals surface area contributed by atoms with Crippen molar-refractivity contribution in [2.75, 3.05) is 5.32 Å². The molecular weight excluding hydrogens is 254 g/mol. The van der Waals surface area contributed by atoms with Gasteiger partial charge in [0, 0.05) is 5.69 Å². The highest BCUT2D eigenvalue weighted by Gasteiger charge is 2.52. The van der Waals surface area contributed by atoms with Crippen molar-refractivity contribution in [1.82, 2.24) is 0 Å². The molecule has 0 bridgehead atoms. The average molecular weight is 275 g/mol. The number of oxime groups is 1. The Morgan fingerprint density at radius 1 is 1.45 bits per heavy atom. The first kappa shape index (κ1) is 14.4. The van der Waals surface area contributed by atoms with Crippen LogP contribution in [-0.4, -0.2) is 17.0 Å². The molecule has 0 heterocycles. The van der Waals surface area contributed by atoms with Crippen molar-refractivity contribution in [2.45, 2.75) is 33.6 Å². The van der Waals surface area contributed by atoms with E-state index in [9.17, 15) is 4.79 Å². The number of amides is 1. The van der Waals surface area contributed by atoms with Crippen molar-refractivity contribution in [3.63, 3.8) is 0 Å². The smallest absolute Gasteiger partial charge is 0.238 e. The zero-order valence-corrected chi connectivity index (χ0v) is 12.1. The van der Waals surface area contributed by atoms with Crippen LogP contribution < -0.4 is 11.1 Å². The normalized spacial score (nSPS) is 25.9. The highest BCUT2D eigenvalue weighted by atomic mass is 16.4. The largest absolute Gasteiger partial charge is 0.409 e. The van der Waals surface area contributed by atoms with Gasteiger partial charge < -0.3 is 16.3 Å². The Morgan fingerprint density at radius 3 is 2.60 bits per heavy atom. The van der Waals surface area contributed by atoms with Crippen LogP contribution in [0.5, 0.6) is 0 Å². The third-order valence-corrected chi connectivity index (χ3v) is 4.06. The van der Waals surface area contributed by atoms with Gasteiger partial charge in [-0.1, -0.05) is 29.8 Å². The number of rotatable bonds is 3. The Hall–Kier alpha value is -2.04. The van der Waals surface area contributed by atoms with Crippen molar-refractivity contribution >= 4 is 17.4 Å². The van der Waals surface area contributed by atoms with Crippen LogP contribution in [0, 0.1) is 25.2 Å². The van der Waals surface area contributed by atoms with Gasteiger partial charge in [0.05, 0.1) is 0 Å². The lowest BCUT2D eigenvalue weighted by Gasteiger charge is -2.43. The van der Waals surface area contributed by atoms with E-state index in [2.05, 4.69) is 10.5 Å². The van der Waals surface area contributed by atoms with E-state index in [0.29, 0.717) is 18.8 Å². The standard InChI is InChI=1S/C15H21N3O2/c1-9-4-5-12(11(3)6-9)17-14(19)15(13(16)18-20)7-10(2)8-15/h4-6,10,20H,7-8H2,1-3H3,(H2,16,18)(H,17,19). The molecule has 5 nitrogen and oxygen atoms in total. The number of carbonyl (C=O) groups excluding carboxylic acids is 1. The number of hydrogen-bond acceptors (Lipinski definition) is 3. The maximum Gasteiger partial charge on any atom is 0.238 e. The van der Waals surface area contributed by atoms with Crippen molar-refractivity contribution in [3.05, 3.63) is 29.3 Å². The van der Waals surface area contributed by atoms with Gasteiger partial charge in [-0.25, -0.2) is 0 Å². The molecule has 2 rings (SSSR count). The first-order valence-electron chi connectivity index (χ1n) is 6.76. The molecule has 0 unspecified atom stereocenters. The van der Waals surface area contributed by atoms with Gasteiger partial charge in [0.25, 0.3) is 0 Å². The van der Waals surface area contributed by atoms with E-state index in [4.69, 9.17) is 10.9 Å². The molecule has 0 spiro atoms. The van der Waals surface area contributed by atoms with E-state index in [0.717, 1.165) is 16.8 Å². The summed E-state index contributed by atoms with van der Waals surface area (Å²) in [5, 5.41) is 14.9. The second kappa shape index (κ2) is 5.15. The fourth-order valence-electron chi connectivity index (χ4n) is 2.93. The number of nitrogens with two attached hydrogens (primary N) is 1. The van der Waals surface area contributed by atoms with Crippen LogP contribution in [0.2, 0.25) is 0 Å². The molecule has 0 atom stereocenters. The SMILES string of the molecule is Cc1ccc(NC(=O)C2(/C(N)=N/O)CC(C)C2)c(C)c1. The Bertz CT molecular complexity index is 560. The van der Waals surface area contributed by atoms with Gasteiger partial charge in [-0.3, -0.25) is 4.79 Å². The molecule has 1 aromatic carbocycles. The quantitative estimate of drug-likeness (QED) is 0.342. The van der Waals surface area contributed by atoms with E-state index < -0.39 is 5.41 Å². The summed E-state index contributed by atoms with van der Waals surface area (Å²) in [6.45, 7) is 6.00. The number of nitrogens with one attached hydrogen (secondary N) is 1. The van der Waals surface area contributed by atoms with E-state index >= 15 is 0 Å². The molecule has 0 aromatic heterocycles. The second-order valence-corrected chi connectivity index (χ2v) is 5.85. The molecule has 108 valence electrons. The van der Waals surface area contributed by atoms with Crippen LogP contribution in [0.25, 0.3) is 0 Å². The molecular formula is C15H21N3O2. The molecule has 1 aromatic rings. The molecule has 1 aliphatic rings. The van der Waals surface area contributed by atoms with E-state index in [1.54, 1.807) is 0 Å². The Kier molecular flexibility index (Phi) is 3.70. The number of aryl methyl sites for hydroxylation is 2. The lowest BCUT2D eigenvalue weighted by Crippen LogP contribution is -2.54. The van der Waals surface area contributed by atoms with E-state index in [1.807, 2.05) is 39.0 Å². The second-order valence-electron chi connectivity index (χ2n) is 5.85. The highest BCUT2D eigenvalue weighted by Crippen LogP contribution is 2.46. The van der Waals surface area contributed by atoms with Gasteiger partial charge in [-0.2, -0.15) is 0 Å².